The normalized spacial score (nSPS) is 12.7. The number of nitrogens with one attached hydrogen (secondary N) is 1. The molecule has 0 unspecified atom stereocenters. The van der Waals surface area contributed by atoms with Gasteiger partial charge in [-0.3, -0.25) is 4.79 Å². The number of amides is 1. The molecular weight excluding hydrogens is 392 g/mol. The van der Waals surface area contributed by atoms with Crippen molar-refractivity contribution in [3.63, 3.8) is 0 Å². The maximum atomic E-state index is 12.8. The van der Waals surface area contributed by atoms with Crippen LogP contribution in [-0.4, -0.2) is 26.7 Å². The van der Waals surface area contributed by atoms with Crippen LogP contribution >= 0.6 is 0 Å². The van der Waals surface area contributed by atoms with Gasteiger partial charge in [0.1, 0.15) is 5.58 Å². The number of carbonyl (C=O) groups excluding carboxylic acids is 1. The fourth-order valence-electron chi connectivity index (χ4n) is 4.59. The average molecular weight is 423 g/mol. The summed E-state index contributed by atoms with van der Waals surface area (Å²) >= 11 is 0. The number of aryl methyl sites for hydroxylation is 2. The van der Waals surface area contributed by atoms with Gasteiger partial charge in [-0.1, -0.05) is 19.4 Å². The molecule has 1 aliphatic carbocycles. The highest BCUT2D eigenvalue weighted by Crippen LogP contribution is 2.39. The highest BCUT2D eigenvalue weighted by atomic mass is 16.5. The zero-order valence-electron chi connectivity index (χ0n) is 18.5. The molecule has 0 bridgehead atoms. The Labute approximate surface area is 182 Å². The zero-order chi connectivity index (χ0) is 22.0. The second-order valence-electron chi connectivity index (χ2n) is 8.01. The summed E-state index contributed by atoms with van der Waals surface area (Å²) in [6, 6.07) is 7.82. The highest BCUT2D eigenvalue weighted by Gasteiger charge is 2.26. The molecule has 2 aromatic carbocycles. The topological polar surface area (TPSA) is 86.7 Å². The Morgan fingerprint density at radius 3 is 2.61 bits per heavy atom. The third-order valence-electron chi connectivity index (χ3n) is 6.06. The van der Waals surface area contributed by atoms with Gasteiger partial charge in [-0.25, -0.2) is 0 Å². The van der Waals surface area contributed by atoms with E-state index in [-0.39, 0.29) is 11.7 Å². The molecule has 3 aromatic rings. The standard InChI is InChI=1S/C25H30N2O4/c1-4-6-16-14-21-22(18-8-5-7-17(16)18)23(26)24(31-21)25(28)27-12-11-15-9-10-19(29-2)20(13-15)30-3/h9-10,13-14H,4-8,11-12,26H2,1-3H3,(H,27,28). The van der Waals surface area contributed by atoms with Crippen molar-refractivity contribution in [1.29, 1.82) is 0 Å². The summed E-state index contributed by atoms with van der Waals surface area (Å²) in [4.78, 5) is 12.8. The number of methoxy groups -OCH3 is 2. The smallest absolute Gasteiger partial charge is 0.289 e. The molecule has 6 nitrogen and oxygen atoms in total. The second kappa shape index (κ2) is 8.92. The maximum Gasteiger partial charge on any atom is 0.289 e. The molecule has 3 N–H and O–H groups in total. The zero-order valence-corrected chi connectivity index (χ0v) is 18.5. The van der Waals surface area contributed by atoms with Crippen LogP contribution in [0, 0.1) is 0 Å². The molecule has 4 rings (SSSR count). The number of fused-ring (bicyclic) bond motifs is 3. The van der Waals surface area contributed by atoms with E-state index >= 15 is 0 Å². The maximum absolute atomic E-state index is 12.8. The Morgan fingerprint density at radius 2 is 1.87 bits per heavy atom. The first-order valence-corrected chi connectivity index (χ1v) is 10.9. The average Bonchev–Trinajstić information content (AvgIpc) is 3.38. The molecule has 0 saturated heterocycles. The Hall–Kier alpha value is -3.15. The summed E-state index contributed by atoms with van der Waals surface area (Å²) < 4.78 is 16.6. The third kappa shape index (κ3) is 3.94. The number of hydrogen-bond acceptors (Lipinski definition) is 5. The first-order valence-electron chi connectivity index (χ1n) is 10.9. The lowest BCUT2D eigenvalue weighted by Gasteiger charge is -2.10. The summed E-state index contributed by atoms with van der Waals surface area (Å²) in [5.41, 5.74) is 12.6. The van der Waals surface area contributed by atoms with Crippen LogP contribution < -0.4 is 20.5 Å². The first kappa shape index (κ1) is 21.1. The van der Waals surface area contributed by atoms with Crippen LogP contribution in [-0.2, 0) is 25.7 Å². The minimum Gasteiger partial charge on any atom is -0.493 e. The molecule has 1 aromatic heterocycles. The number of rotatable bonds is 8. The van der Waals surface area contributed by atoms with Crippen molar-refractivity contribution in [3.05, 3.63) is 52.3 Å². The summed E-state index contributed by atoms with van der Waals surface area (Å²) in [5.74, 6) is 1.29. The van der Waals surface area contributed by atoms with Crippen LogP contribution in [0.25, 0.3) is 11.0 Å². The Bertz CT molecular complexity index is 1120. The van der Waals surface area contributed by atoms with E-state index in [0.717, 1.165) is 48.6 Å². The minimum atomic E-state index is -0.280. The predicted molar refractivity (Wildman–Crippen MR) is 122 cm³/mol. The van der Waals surface area contributed by atoms with Crippen molar-refractivity contribution in [1.82, 2.24) is 5.32 Å². The van der Waals surface area contributed by atoms with Crippen molar-refractivity contribution in [3.8, 4) is 11.5 Å². The van der Waals surface area contributed by atoms with Crippen molar-refractivity contribution in [2.24, 2.45) is 0 Å². The number of nitrogen functional groups attached to an aromatic ring is 1. The van der Waals surface area contributed by atoms with E-state index in [2.05, 4.69) is 18.3 Å². The van der Waals surface area contributed by atoms with Crippen molar-refractivity contribution < 1.29 is 18.7 Å². The number of hydrogen-bond donors (Lipinski definition) is 2. The van der Waals surface area contributed by atoms with Crippen molar-refractivity contribution in [2.45, 2.75) is 45.4 Å². The molecule has 164 valence electrons. The van der Waals surface area contributed by atoms with E-state index < -0.39 is 0 Å². The number of ether oxygens (including phenoxy) is 2. The fraction of sp³-hybridized carbons (Fsp3) is 0.400. The van der Waals surface area contributed by atoms with Gasteiger partial charge < -0.3 is 24.9 Å². The van der Waals surface area contributed by atoms with E-state index in [1.807, 2.05) is 18.2 Å². The molecule has 6 heteroatoms. The first-order chi connectivity index (χ1) is 15.1. The van der Waals surface area contributed by atoms with Crippen LogP contribution in [0.1, 0.15) is 52.6 Å². The number of carbonyl (C=O) groups is 1. The van der Waals surface area contributed by atoms with Crippen LogP contribution in [0.3, 0.4) is 0 Å². The summed E-state index contributed by atoms with van der Waals surface area (Å²) in [6.45, 7) is 2.64. The van der Waals surface area contributed by atoms with Crippen LogP contribution in [0.4, 0.5) is 5.69 Å². The van der Waals surface area contributed by atoms with Gasteiger partial charge in [0, 0.05) is 11.9 Å². The molecule has 1 heterocycles. The lowest BCUT2D eigenvalue weighted by Crippen LogP contribution is -2.26. The van der Waals surface area contributed by atoms with Crippen molar-refractivity contribution in [2.75, 3.05) is 26.5 Å². The Kier molecular flexibility index (Phi) is 6.07. The van der Waals surface area contributed by atoms with E-state index in [9.17, 15) is 4.79 Å². The van der Waals surface area contributed by atoms with Crippen LogP contribution in [0.15, 0.2) is 28.7 Å². The molecule has 0 radical (unpaired) electrons. The molecule has 1 aliphatic rings. The van der Waals surface area contributed by atoms with E-state index in [4.69, 9.17) is 19.6 Å². The SMILES string of the molecule is CCCc1cc2oc(C(=O)NCCc3ccc(OC)c(OC)c3)c(N)c2c2c1CCC2. The lowest BCUT2D eigenvalue weighted by molar-refractivity contribution is 0.0930. The van der Waals surface area contributed by atoms with Gasteiger partial charge in [-0.05, 0) is 72.6 Å². The fourth-order valence-corrected chi connectivity index (χ4v) is 4.59. The third-order valence-corrected chi connectivity index (χ3v) is 6.06. The number of benzene rings is 2. The monoisotopic (exact) mass is 422 g/mol. The summed E-state index contributed by atoms with van der Waals surface area (Å²) in [5, 5.41) is 3.87. The molecule has 0 atom stereocenters. The van der Waals surface area contributed by atoms with Crippen LogP contribution in [0.5, 0.6) is 11.5 Å². The minimum absolute atomic E-state index is 0.213. The number of furan rings is 1. The molecule has 1 amide bonds. The van der Waals surface area contributed by atoms with Gasteiger partial charge in [0.15, 0.2) is 11.5 Å². The van der Waals surface area contributed by atoms with E-state index in [1.165, 1.54) is 16.7 Å². The largest absolute Gasteiger partial charge is 0.493 e. The van der Waals surface area contributed by atoms with E-state index in [1.54, 1.807) is 14.2 Å². The lowest BCUT2D eigenvalue weighted by atomic mass is 9.96. The van der Waals surface area contributed by atoms with Crippen LogP contribution in [0.2, 0.25) is 0 Å². The van der Waals surface area contributed by atoms with Gasteiger partial charge in [-0.15, -0.1) is 0 Å². The highest BCUT2D eigenvalue weighted by molar-refractivity contribution is 6.07. The Morgan fingerprint density at radius 1 is 1.10 bits per heavy atom. The molecule has 0 fully saturated rings. The number of nitrogens with two attached hydrogens (primary N) is 1. The van der Waals surface area contributed by atoms with Gasteiger partial charge >= 0.3 is 0 Å². The molecule has 0 aliphatic heterocycles. The Balaban J connectivity index is 1.51. The quantitative estimate of drug-likeness (QED) is 0.560. The predicted octanol–water partition coefficient (Wildman–Crippen LogP) is 4.45. The summed E-state index contributed by atoms with van der Waals surface area (Å²) in [6.07, 6.45) is 5.96. The van der Waals surface area contributed by atoms with Gasteiger partial charge in [0.2, 0.25) is 5.76 Å². The van der Waals surface area contributed by atoms with E-state index in [0.29, 0.717) is 30.2 Å². The molecule has 0 spiro atoms. The number of anilines is 1. The molecule has 31 heavy (non-hydrogen) atoms. The van der Waals surface area contributed by atoms with Crippen molar-refractivity contribution >= 4 is 22.6 Å². The molecular formula is C25H30N2O4. The van der Waals surface area contributed by atoms with Gasteiger partial charge in [0.05, 0.1) is 19.9 Å². The summed E-state index contributed by atoms with van der Waals surface area (Å²) in [7, 11) is 3.21. The molecule has 0 saturated carbocycles. The van der Waals surface area contributed by atoms with Gasteiger partial charge in [-0.2, -0.15) is 0 Å². The second-order valence-corrected chi connectivity index (χ2v) is 8.01. The van der Waals surface area contributed by atoms with Gasteiger partial charge in [0.25, 0.3) is 5.91 Å².